The lowest BCUT2D eigenvalue weighted by molar-refractivity contribution is 0.770. The SMILES string of the molecule is [2H]c1c([2H])c([2H])c(-c2ccc3c(c2)B2c4ccc(-n5c6c([2H])c([2H])c([2H])c([2H])c6c6c([2H])c(C#N)c([2H])c([2H])c65)cc4N(c4c(-c5ccccc5)cc(-c5ccccc5)cc4-c4ccccc4)c4cc(-c5cccc6c5C(c5ccccc5)(c5ccccc5)c5ccccc5-6)cc(c42)N3c2c(-c3ccccc3)cccc2-c2ccccc2)c([2H])c1[2H]. The predicted molar refractivity (Wildman–Crippen MR) is 455 cm³/mol. The lowest BCUT2D eigenvalue weighted by Crippen LogP contribution is -2.61. The Morgan fingerprint density at radius 3 is 1.41 bits per heavy atom. The number of fused-ring (bicyclic) bond motifs is 10. The van der Waals surface area contributed by atoms with Crippen LogP contribution in [-0.2, 0) is 5.41 Å². The molecule has 0 spiro atoms. The summed E-state index contributed by atoms with van der Waals surface area (Å²) in [5.41, 5.74) is 22.6. The first-order valence-electron chi connectivity index (χ1n) is 42.6. The normalized spacial score (nSPS) is 14.3. The van der Waals surface area contributed by atoms with Crippen LogP contribution in [0.4, 0.5) is 34.1 Å². The summed E-state index contributed by atoms with van der Waals surface area (Å²) in [6, 6.07) is 112. The minimum Gasteiger partial charge on any atom is -0.310 e. The van der Waals surface area contributed by atoms with Gasteiger partial charge in [0.2, 0.25) is 0 Å². The van der Waals surface area contributed by atoms with Crippen LogP contribution in [0.3, 0.4) is 0 Å². The van der Waals surface area contributed by atoms with Gasteiger partial charge in [-0.15, -0.1) is 0 Å². The van der Waals surface area contributed by atoms with Crippen molar-refractivity contribution in [2.24, 2.45) is 0 Å². The number of aromatic nitrogens is 1. The van der Waals surface area contributed by atoms with E-state index in [1.54, 1.807) is 4.57 Å². The molecule has 1 aromatic heterocycles. The Balaban J connectivity index is 1.00. The molecule has 0 fully saturated rings. The van der Waals surface area contributed by atoms with Gasteiger partial charge < -0.3 is 14.4 Å². The van der Waals surface area contributed by atoms with Gasteiger partial charge in [0.15, 0.2) is 0 Å². The van der Waals surface area contributed by atoms with Crippen LogP contribution in [0.15, 0.2) is 406 Å². The second kappa shape index (κ2) is 25.8. The number of hydrogen-bond donors (Lipinski definition) is 0. The van der Waals surface area contributed by atoms with Crippen LogP contribution < -0.4 is 26.2 Å². The first-order chi connectivity index (χ1) is 59.1. The number of nitriles is 1. The van der Waals surface area contributed by atoms with Crippen LogP contribution in [0.1, 0.15) is 44.3 Å². The summed E-state index contributed by atoms with van der Waals surface area (Å²) in [5.74, 6) is 0. The van der Waals surface area contributed by atoms with Crippen molar-refractivity contribution in [2.45, 2.75) is 5.41 Å². The van der Waals surface area contributed by atoms with Gasteiger partial charge in [-0.05, 0) is 172 Å². The number of para-hydroxylation sites is 2. The minimum atomic E-state index is -0.942. The maximum absolute atomic E-state index is 10.8. The molecule has 506 valence electrons. The molecule has 0 atom stereocenters. The Labute approximate surface area is 651 Å². The molecule has 1 aliphatic carbocycles. The van der Waals surface area contributed by atoms with Crippen LogP contribution in [-0.4, -0.2) is 11.3 Å². The topological polar surface area (TPSA) is 35.2 Å². The quantitative estimate of drug-likeness (QED) is 0.114. The molecular formula is C104H67BN4. The summed E-state index contributed by atoms with van der Waals surface area (Å²) in [6.07, 6.45) is 0. The van der Waals surface area contributed by atoms with Crippen LogP contribution in [0, 0.1) is 11.3 Å². The molecule has 17 aromatic carbocycles. The fraction of sp³-hybridized carbons (Fsp3) is 0.00962. The maximum Gasteiger partial charge on any atom is 0.252 e. The van der Waals surface area contributed by atoms with Crippen molar-refractivity contribution in [3.8, 4) is 101 Å². The highest BCUT2D eigenvalue weighted by Gasteiger charge is 2.50. The fourth-order valence-electron chi connectivity index (χ4n) is 17.7. The molecule has 109 heavy (non-hydrogen) atoms. The van der Waals surface area contributed by atoms with E-state index in [-0.39, 0.29) is 45.1 Å². The predicted octanol–water partition coefficient (Wildman–Crippen LogP) is 24.8. The minimum absolute atomic E-state index is 0.00588. The van der Waals surface area contributed by atoms with Crippen molar-refractivity contribution < 1.29 is 16.4 Å². The largest absolute Gasteiger partial charge is 0.310 e. The van der Waals surface area contributed by atoms with E-state index in [9.17, 15) is 20.3 Å². The molecule has 0 radical (unpaired) electrons. The molecule has 0 saturated heterocycles. The van der Waals surface area contributed by atoms with Crippen LogP contribution in [0.2, 0.25) is 0 Å². The number of benzene rings is 17. The number of nitrogens with zero attached hydrogens (tertiary/aromatic N) is 4. The van der Waals surface area contributed by atoms with Gasteiger partial charge in [-0.2, -0.15) is 5.26 Å². The molecule has 18 aromatic rings. The number of rotatable bonds is 12. The van der Waals surface area contributed by atoms with Crippen molar-refractivity contribution in [1.29, 1.82) is 5.26 Å². The van der Waals surface area contributed by atoms with E-state index < -0.39 is 78.1 Å². The highest BCUT2D eigenvalue weighted by atomic mass is 15.2. The monoisotopic (exact) mass is 1390 g/mol. The number of anilines is 6. The molecule has 0 bridgehead atoms. The maximum atomic E-state index is 10.8. The van der Waals surface area contributed by atoms with Gasteiger partial charge in [0.05, 0.1) is 55.9 Å². The highest BCUT2D eigenvalue weighted by Crippen LogP contribution is 2.61. The summed E-state index contributed by atoms with van der Waals surface area (Å²) >= 11 is 0. The molecule has 2 aliphatic heterocycles. The smallest absolute Gasteiger partial charge is 0.252 e. The highest BCUT2D eigenvalue weighted by molar-refractivity contribution is 7.00. The van der Waals surface area contributed by atoms with Gasteiger partial charge in [0.1, 0.15) is 0 Å². The molecule has 0 N–H and O–H groups in total. The summed E-state index contributed by atoms with van der Waals surface area (Å²) in [7, 11) is 0. The van der Waals surface area contributed by atoms with Gasteiger partial charge in [-0.1, -0.05) is 340 Å². The van der Waals surface area contributed by atoms with E-state index >= 15 is 0 Å². The Morgan fingerprint density at radius 1 is 0.312 bits per heavy atom. The zero-order chi connectivity index (χ0) is 82.5. The number of hydrogen-bond acceptors (Lipinski definition) is 3. The fourth-order valence-corrected chi connectivity index (χ4v) is 17.7. The Hall–Kier alpha value is -14.3. The van der Waals surface area contributed by atoms with Crippen molar-refractivity contribution in [1.82, 2.24) is 4.57 Å². The second-order valence-electron chi connectivity index (χ2n) is 27.9. The van der Waals surface area contributed by atoms with Crippen molar-refractivity contribution >= 4 is 79.0 Å². The lowest BCUT2D eigenvalue weighted by atomic mass is 9.33. The van der Waals surface area contributed by atoms with E-state index in [0.29, 0.717) is 33.6 Å². The van der Waals surface area contributed by atoms with E-state index in [1.165, 1.54) is 0 Å². The molecule has 4 nitrogen and oxygen atoms in total. The summed E-state index contributed by atoms with van der Waals surface area (Å²) in [4.78, 5) is 4.74. The van der Waals surface area contributed by atoms with Crippen LogP contribution in [0.5, 0.6) is 0 Å². The van der Waals surface area contributed by atoms with Gasteiger partial charge in [0.25, 0.3) is 6.71 Å². The van der Waals surface area contributed by atoms with Crippen molar-refractivity contribution in [3.05, 3.63) is 434 Å². The zero-order valence-electron chi connectivity index (χ0n) is 70.6. The zero-order valence-corrected chi connectivity index (χ0v) is 58.6. The third-order valence-corrected chi connectivity index (χ3v) is 22.2. The molecule has 0 unspecified atom stereocenters. The van der Waals surface area contributed by atoms with E-state index in [1.807, 2.05) is 133 Å². The first-order valence-corrected chi connectivity index (χ1v) is 36.6. The van der Waals surface area contributed by atoms with Crippen molar-refractivity contribution in [3.63, 3.8) is 0 Å². The van der Waals surface area contributed by atoms with Crippen LogP contribution in [0.25, 0.3) is 117 Å². The Kier molecular flexibility index (Phi) is 12.3. The van der Waals surface area contributed by atoms with Gasteiger partial charge in [0, 0.05) is 61.5 Å². The summed E-state index contributed by atoms with van der Waals surface area (Å²) < 4.78 is 116. The summed E-state index contributed by atoms with van der Waals surface area (Å²) in [5, 5.41) is 10.6. The Bertz CT molecular complexity index is 7250. The van der Waals surface area contributed by atoms with E-state index in [4.69, 9.17) is 1.37 Å². The molecule has 0 amide bonds. The van der Waals surface area contributed by atoms with Crippen LogP contribution >= 0.6 is 0 Å². The second-order valence-corrected chi connectivity index (χ2v) is 27.9. The Morgan fingerprint density at radius 2 is 0.807 bits per heavy atom. The molecule has 5 heteroatoms. The van der Waals surface area contributed by atoms with E-state index in [2.05, 4.69) is 216 Å². The average Bonchev–Trinajstić information content (AvgIpc) is 1.61. The standard InChI is InChI=1S/C104H67BN4/c106-68-69-55-59-95-90(61-69)86-48-26-28-54-94(86)107(95)81-57-58-92-97(67-81)109(103-88(74-39-17-5-18-40-74)62-77(71-33-11-2-12-34-71)63-89(103)75-41-19-6-20-42-75)99-66-78(82-49-29-52-87-85-47-25-27-53-91(85)104(100(82)87,79-43-21-7-22-44-79)80-45-23-8-24-46-80)65-98-101(99)105(92)93-64-76(70-31-9-1-10-32-70)56-60-96(93)108(98)102-83(72-35-13-3-14-36-72)50-30-51-84(102)73-37-15-4-16-38-73/h1-67H/i1D,9D,10D,26D,28D,31D,32D,48D,54D,55D,59D,61D. The van der Waals surface area contributed by atoms with E-state index in [0.717, 1.165) is 123 Å². The molecule has 3 heterocycles. The third kappa shape index (κ3) is 10.00. The summed E-state index contributed by atoms with van der Waals surface area (Å²) in [6.45, 7) is -0.846. The van der Waals surface area contributed by atoms with Gasteiger partial charge in [-0.3, -0.25) is 0 Å². The van der Waals surface area contributed by atoms with Gasteiger partial charge in [-0.25, -0.2) is 0 Å². The first kappa shape index (κ1) is 51.8. The third-order valence-electron chi connectivity index (χ3n) is 22.2. The molecule has 21 rings (SSSR count). The molecule has 3 aliphatic rings. The molecular weight excluding hydrogens is 1320 g/mol. The van der Waals surface area contributed by atoms with Crippen molar-refractivity contribution in [2.75, 3.05) is 9.80 Å². The molecule has 0 saturated carbocycles. The lowest BCUT2D eigenvalue weighted by Gasteiger charge is -2.46. The average molecular weight is 1400 g/mol. The van der Waals surface area contributed by atoms with Gasteiger partial charge >= 0.3 is 0 Å².